The summed E-state index contributed by atoms with van der Waals surface area (Å²) in [5, 5.41) is 2.52. The highest BCUT2D eigenvalue weighted by Crippen LogP contribution is 2.53. The van der Waals surface area contributed by atoms with Crippen molar-refractivity contribution in [2.75, 3.05) is 4.90 Å². The smallest absolute Gasteiger partial charge is 0.164 e. The highest BCUT2D eigenvalue weighted by molar-refractivity contribution is 6.10. The van der Waals surface area contributed by atoms with Crippen LogP contribution in [0.25, 0.3) is 67.0 Å². The molecule has 0 N–H and O–H groups in total. The zero-order chi connectivity index (χ0) is 40.4. The maximum Gasteiger partial charge on any atom is 0.164 e. The van der Waals surface area contributed by atoms with Crippen molar-refractivity contribution in [1.29, 1.82) is 0 Å². The molecule has 5 nitrogen and oxygen atoms in total. The molecule has 4 aliphatic rings. The summed E-state index contributed by atoms with van der Waals surface area (Å²) >= 11 is 0. The van der Waals surface area contributed by atoms with Gasteiger partial charge in [-0.3, -0.25) is 0 Å². The van der Waals surface area contributed by atoms with Gasteiger partial charge < -0.3 is 9.47 Å². The summed E-state index contributed by atoms with van der Waals surface area (Å²) < 4.78 is 2.38. The van der Waals surface area contributed by atoms with Crippen LogP contribution in [0.3, 0.4) is 0 Å². The largest absolute Gasteiger partial charge is 0.313 e. The van der Waals surface area contributed by atoms with Crippen LogP contribution >= 0.6 is 0 Å². The minimum atomic E-state index is 0.246. The molecule has 0 saturated heterocycles. The lowest BCUT2D eigenvalue weighted by Gasteiger charge is -2.27. The average molecular weight is 784 g/mol. The summed E-state index contributed by atoms with van der Waals surface area (Å²) in [6.07, 6.45) is 20.8. The van der Waals surface area contributed by atoms with E-state index in [1.54, 1.807) is 0 Å². The van der Waals surface area contributed by atoms with Gasteiger partial charge in [-0.15, -0.1) is 0 Å². The first kappa shape index (κ1) is 35.3. The molecule has 0 radical (unpaired) electrons. The number of nitrogens with zero attached hydrogens (tertiary/aromatic N) is 5. The van der Waals surface area contributed by atoms with E-state index in [-0.39, 0.29) is 5.92 Å². The second-order valence-electron chi connectivity index (χ2n) is 16.5. The first-order chi connectivity index (χ1) is 30.1. The fraction of sp³-hybridized carbons (Fsp3) is 0.0893. The first-order valence-electron chi connectivity index (χ1n) is 21.2. The fourth-order valence-electron chi connectivity index (χ4n) is 9.85. The van der Waals surface area contributed by atoms with Crippen molar-refractivity contribution >= 4 is 38.8 Å². The van der Waals surface area contributed by atoms with Gasteiger partial charge >= 0.3 is 0 Å². The van der Waals surface area contributed by atoms with E-state index >= 15 is 0 Å². The Balaban J connectivity index is 0.916. The lowest BCUT2D eigenvalue weighted by atomic mass is 9.83. The molecule has 3 heterocycles. The summed E-state index contributed by atoms with van der Waals surface area (Å²) in [6.45, 7) is 2.34. The van der Waals surface area contributed by atoms with Crippen molar-refractivity contribution in [3.05, 3.63) is 223 Å². The number of allylic oxidation sites excluding steroid dienone is 12. The summed E-state index contributed by atoms with van der Waals surface area (Å²) in [4.78, 5) is 17.7. The van der Waals surface area contributed by atoms with E-state index in [2.05, 4.69) is 198 Å². The Labute approximate surface area is 355 Å². The SMILES string of the molecule is CC1C=CC=C2C1c1cc(-c3ccc4c(c3)c3ccccc3n4-c3ccccc3)ccc1N2c1ccc(-c2nc(C3=CC=C4C=CC=CC4C3)nc(-c3ccccc3)n2)cc1. The van der Waals surface area contributed by atoms with Gasteiger partial charge in [0.1, 0.15) is 0 Å². The average Bonchev–Trinajstić information content (AvgIpc) is 3.85. The number of hydrogen-bond acceptors (Lipinski definition) is 4. The fourth-order valence-corrected chi connectivity index (χ4v) is 9.85. The quantitative estimate of drug-likeness (QED) is 0.168. The molecule has 3 atom stereocenters. The normalized spacial score (nSPS) is 18.7. The van der Waals surface area contributed by atoms with Crippen molar-refractivity contribution in [2.45, 2.75) is 19.3 Å². The summed E-state index contributed by atoms with van der Waals surface area (Å²) in [5.41, 5.74) is 15.4. The molecule has 0 saturated carbocycles. The van der Waals surface area contributed by atoms with E-state index in [1.807, 2.05) is 18.2 Å². The molecule has 0 bridgehead atoms. The molecule has 5 heteroatoms. The predicted octanol–water partition coefficient (Wildman–Crippen LogP) is 13.8. The minimum Gasteiger partial charge on any atom is -0.313 e. The first-order valence-corrected chi connectivity index (χ1v) is 21.2. The van der Waals surface area contributed by atoms with Gasteiger partial charge in [0.05, 0.1) is 11.0 Å². The highest BCUT2D eigenvalue weighted by atomic mass is 15.2. The molecule has 1 aliphatic heterocycles. The number of fused-ring (bicyclic) bond motifs is 7. The van der Waals surface area contributed by atoms with Crippen LogP contribution in [-0.4, -0.2) is 19.5 Å². The van der Waals surface area contributed by atoms with Crippen molar-refractivity contribution in [3.8, 4) is 39.6 Å². The van der Waals surface area contributed by atoms with Gasteiger partial charge in [0.25, 0.3) is 0 Å². The van der Waals surface area contributed by atoms with Crippen LogP contribution in [0.1, 0.15) is 30.7 Å². The summed E-state index contributed by atoms with van der Waals surface area (Å²) in [6, 6.07) is 52.4. The topological polar surface area (TPSA) is 46.8 Å². The third kappa shape index (κ3) is 5.96. The van der Waals surface area contributed by atoms with Crippen molar-refractivity contribution in [2.24, 2.45) is 11.8 Å². The lowest BCUT2D eigenvalue weighted by molar-refractivity contribution is 0.618. The molecule has 6 aromatic carbocycles. The second-order valence-corrected chi connectivity index (χ2v) is 16.5. The van der Waals surface area contributed by atoms with Crippen LogP contribution < -0.4 is 4.90 Å². The van der Waals surface area contributed by atoms with Gasteiger partial charge in [-0.1, -0.05) is 134 Å². The van der Waals surface area contributed by atoms with Crippen LogP contribution in [0.15, 0.2) is 212 Å². The standard InChI is InChI=1S/C56H41N5/c1-36-13-12-22-52-53(36)48-35-42(41-27-31-50-47(34-41)46-20-10-11-21-49(46)60(50)44-18-6-3-7-19-44)28-32-51(48)61(52)45-29-25-39(26-30-45)55-57-54(38-15-4-2-5-16-38)58-56(59-55)43-24-23-37-14-8-9-17-40(37)33-43/h2-32,34-36,40,53H,33H2,1H3. The molecule has 0 amide bonds. The Hall–Kier alpha value is -7.63. The minimum absolute atomic E-state index is 0.246. The van der Waals surface area contributed by atoms with Crippen molar-refractivity contribution in [1.82, 2.24) is 19.5 Å². The number of para-hydroxylation sites is 2. The molecule has 12 rings (SSSR count). The molecule has 2 aromatic heterocycles. The Morgan fingerprint density at radius 1 is 0.525 bits per heavy atom. The molecule has 3 aliphatic carbocycles. The van der Waals surface area contributed by atoms with Crippen LogP contribution in [0.5, 0.6) is 0 Å². The molecular weight excluding hydrogens is 743 g/mol. The van der Waals surface area contributed by atoms with Crippen molar-refractivity contribution < 1.29 is 0 Å². The maximum atomic E-state index is 5.12. The number of aromatic nitrogens is 4. The number of hydrogen-bond donors (Lipinski definition) is 0. The van der Waals surface area contributed by atoms with Crippen molar-refractivity contribution in [3.63, 3.8) is 0 Å². The number of benzene rings is 6. The monoisotopic (exact) mass is 783 g/mol. The Kier molecular flexibility index (Phi) is 8.27. The molecular formula is C56H41N5. The third-order valence-corrected chi connectivity index (χ3v) is 12.8. The van der Waals surface area contributed by atoms with E-state index in [1.165, 1.54) is 61.1 Å². The zero-order valence-electron chi connectivity index (χ0n) is 33.7. The highest BCUT2D eigenvalue weighted by Gasteiger charge is 2.38. The predicted molar refractivity (Wildman–Crippen MR) is 251 cm³/mol. The molecule has 0 spiro atoms. The van der Waals surface area contributed by atoms with Crippen LogP contribution in [0.4, 0.5) is 11.4 Å². The van der Waals surface area contributed by atoms with Crippen LogP contribution in [0.2, 0.25) is 0 Å². The van der Waals surface area contributed by atoms with E-state index in [4.69, 9.17) is 15.0 Å². The Morgan fingerprint density at radius 3 is 2.05 bits per heavy atom. The molecule has 8 aromatic rings. The zero-order valence-corrected chi connectivity index (χ0v) is 33.7. The third-order valence-electron chi connectivity index (χ3n) is 12.8. The Bertz CT molecular complexity index is 3230. The van der Waals surface area contributed by atoms with Crippen LogP contribution in [0, 0.1) is 11.8 Å². The summed E-state index contributed by atoms with van der Waals surface area (Å²) in [5.74, 6) is 3.01. The van der Waals surface area contributed by atoms with Gasteiger partial charge in [-0.2, -0.15) is 0 Å². The molecule has 61 heavy (non-hydrogen) atoms. The summed E-state index contributed by atoms with van der Waals surface area (Å²) in [7, 11) is 0. The van der Waals surface area contributed by atoms with Gasteiger partial charge in [0.15, 0.2) is 17.5 Å². The number of rotatable bonds is 6. The van der Waals surface area contributed by atoms with Gasteiger partial charge in [-0.05, 0) is 113 Å². The number of anilines is 2. The van der Waals surface area contributed by atoms with E-state index in [0.29, 0.717) is 23.5 Å². The molecule has 3 unspecified atom stereocenters. The lowest BCUT2D eigenvalue weighted by Crippen LogP contribution is -2.18. The maximum absolute atomic E-state index is 5.12. The van der Waals surface area contributed by atoms with Gasteiger partial charge in [0, 0.05) is 56.5 Å². The Morgan fingerprint density at radius 2 is 1.21 bits per heavy atom. The van der Waals surface area contributed by atoms with E-state index in [9.17, 15) is 0 Å². The van der Waals surface area contributed by atoms with Gasteiger partial charge in [-0.25, -0.2) is 15.0 Å². The van der Waals surface area contributed by atoms with E-state index < -0.39 is 0 Å². The van der Waals surface area contributed by atoms with Gasteiger partial charge in [0.2, 0.25) is 0 Å². The van der Waals surface area contributed by atoms with Crippen LogP contribution in [-0.2, 0) is 0 Å². The molecule has 290 valence electrons. The molecule has 0 fully saturated rings. The second kappa shape index (κ2) is 14.3. The van der Waals surface area contributed by atoms with E-state index in [0.717, 1.165) is 34.6 Å².